The maximum atomic E-state index is 12.4. The number of fused-ring (bicyclic) bond motifs is 2. The molecule has 0 bridgehead atoms. The van der Waals surface area contributed by atoms with Crippen LogP contribution in [0.25, 0.3) is 10.9 Å². The first-order valence-corrected chi connectivity index (χ1v) is 9.14. The summed E-state index contributed by atoms with van der Waals surface area (Å²) in [6.07, 6.45) is 6.35. The van der Waals surface area contributed by atoms with Gasteiger partial charge in [0.2, 0.25) is 0 Å². The van der Waals surface area contributed by atoms with Crippen molar-refractivity contribution in [1.82, 2.24) is 19.9 Å². The summed E-state index contributed by atoms with van der Waals surface area (Å²) in [6, 6.07) is 8.40. The van der Waals surface area contributed by atoms with Crippen LogP contribution in [0, 0.1) is 5.92 Å². The van der Waals surface area contributed by atoms with E-state index in [1.54, 1.807) is 0 Å². The molecule has 1 aliphatic carbocycles. The molecule has 0 spiro atoms. The van der Waals surface area contributed by atoms with E-state index in [9.17, 15) is 4.79 Å². The second kappa shape index (κ2) is 5.85. The molecule has 1 aromatic carbocycles. The van der Waals surface area contributed by atoms with E-state index in [4.69, 9.17) is 4.98 Å². The Morgan fingerprint density at radius 2 is 2.12 bits per heavy atom. The van der Waals surface area contributed by atoms with Gasteiger partial charge in [0.1, 0.15) is 5.82 Å². The van der Waals surface area contributed by atoms with Gasteiger partial charge in [-0.05, 0) is 36.8 Å². The lowest BCUT2D eigenvalue weighted by Gasteiger charge is -2.27. The number of hydrogen-bond acceptors (Lipinski definition) is 3. The van der Waals surface area contributed by atoms with Gasteiger partial charge in [-0.25, -0.2) is 4.98 Å². The molecule has 3 aromatic rings. The fraction of sp³-hybridized carbons (Fsp3) is 0.400. The Morgan fingerprint density at radius 1 is 1.24 bits per heavy atom. The van der Waals surface area contributed by atoms with Crippen molar-refractivity contribution in [3.63, 3.8) is 0 Å². The normalized spacial score (nSPS) is 17.8. The van der Waals surface area contributed by atoms with Gasteiger partial charge in [-0.3, -0.25) is 9.69 Å². The van der Waals surface area contributed by atoms with Gasteiger partial charge >= 0.3 is 0 Å². The van der Waals surface area contributed by atoms with Gasteiger partial charge in [0.25, 0.3) is 5.56 Å². The monoisotopic (exact) mass is 334 g/mol. The minimum atomic E-state index is 0.0763. The van der Waals surface area contributed by atoms with E-state index < -0.39 is 0 Å². The second-order valence-electron chi connectivity index (χ2n) is 7.41. The summed E-state index contributed by atoms with van der Waals surface area (Å²) in [7, 11) is 0. The van der Waals surface area contributed by atoms with Gasteiger partial charge in [-0.2, -0.15) is 0 Å². The highest BCUT2D eigenvalue weighted by Gasteiger charge is 2.25. The molecular formula is C20H22N4O. The number of rotatable bonds is 4. The summed E-state index contributed by atoms with van der Waals surface area (Å²) < 4.78 is 0. The predicted molar refractivity (Wildman–Crippen MR) is 97.4 cm³/mol. The Morgan fingerprint density at radius 3 is 3.00 bits per heavy atom. The van der Waals surface area contributed by atoms with Crippen LogP contribution in [0.5, 0.6) is 0 Å². The van der Waals surface area contributed by atoms with E-state index in [-0.39, 0.29) is 5.56 Å². The minimum absolute atomic E-state index is 0.0763. The standard InChI is InChI=1S/C20H22N4O/c25-20-16-7-8-24(11-14-10-21-17-4-2-1-3-15(14)17)12-18(16)22-19(23-20)9-13-5-6-13/h1-4,10,13,21H,5-9,11-12H2,(H,22,23,25). The fourth-order valence-electron chi connectivity index (χ4n) is 3.88. The van der Waals surface area contributed by atoms with Crippen LogP contribution in [0.15, 0.2) is 35.3 Å². The van der Waals surface area contributed by atoms with Crippen molar-refractivity contribution < 1.29 is 0 Å². The van der Waals surface area contributed by atoms with Crippen molar-refractivity contribution in [2.24, 2.45) is 5.92 Å². The number of H-pyrrole nitrogens is 2. The van der Waals surface area contributed by atoms with Gasteiger partial charge in [-0.15, -0.1) is 0 Å². The molecule has 2 aliphatic rings. The van der Waals surface area contributed by atoms with Crippen LogP contribution >= 0.6 is 0 Å². The number of nitrogens with one attached hydrogen (secondary N) is 2. The lowest BCUT2D eigenvalue weighted by molar-refractivity contribution is 0.241. The lowest BCUT2D eigenvalue weighted by atomic mass is 10.0. The Kier molecular flexibility index (Phi) is 3.48. The van der Waals surface area contributed by atoms with E-state index in [0.717, 1.165) is 55.5 Å². The molecule has 1 aliphatic heterocycles. The SMILES string of the molecule is O=c1[nH]c(CC2CC2)nc2c1CCN(Cc1c[nH]c3ccccc13)C2. The van der Waals surface area contributed by atoms with Gasteiger partial charge in [0, 0.05) is 48.7 Å². The Hall–Kier alpha value is -2.40. The third-order valence-electron chi connectivity index (χ3n) is 5.45. The Balaban J connectivity index is 1.39. The summed E-state index contributed by atoms with van der Waals surface area (Å²) >= 11 is 0. The fourth-order valence-corrected chi connectivity index (χ4v) is 3.88. The van der Waals surface area contributed by atoms with Crippen molar-refractivity contribution in [2.75, 3.05) is 6.54 Å². The van der Waals surface area contributed by atoms with Crippen molar-refractivity contribution in [2.45, 2.75) is 38.8 Å². The van der Waals surface area contributed by atoms with Crippen molar-refractivity contribution >= 4 is 10.9 Å². The molecule has 5 nitrogen and oxygen atoms in total. The van der Waals surface area contributed by atoms with E-state index in [1.807, 2.05) is 0 Å². The third-order valence-corrected chi connectivity index (χ3v) is 5.45. The van der Waals surface area contributed by atoms with Crippen molar-refractivity contribution in [3.8, 4) is 0 Å². The van der Waals surface area contributed by atoms with Gasteiger partial charge in [-0.1, -0.05) is 18.2 Å². The van der Waals surface area contributed by atoms with Gasteiger partial charge in [0.15, 0.2) is 0 Å². The van der Waals surface area contributed by atoms with Gasteiger partial charge < -0.3 is 9.97 Å². The van der Waals surface area contributed by atoms with Crippen LogP contribution in [-0.4, -0.2) is 26.4 Å². The number of nitrogens with zero attached hydrogens (tertiary/aromatic N) is 2. The zero-order valence-electron chi connectivity index (χ0n) is 14.2. The maximum Gasteiger partial charge on any atom is 0.254 e. The van der Waals surface area contributed by atoms with Crippen LogP contribution in [0.1, 0.15) is 35.5 Å². The van der Waals surface area contributed by atoms with Crippen LogP contribution < -0.4 is 5.56 Å². The number of aromatic amines is 2. The van der Waals surface area contributed by atoms with E-state index >= 15 is 0 Å². The minimum Gasteiger partial charge on any atom is -0.361 e. The molecule has 2 aromatic heterocycles. The molecule has 1 fully saturated rings. The molecule has 0 amide bonds. The number of aromatic nitrogens is 3. The highest BCUT2D eigenvalue weighted by atomic mass is 16.1. The summed E-state index contributed by atoms with van der Waals surface area (Å²) in [5.41, 5.74) is 4.42. The summed E-state index contributed by atoms with van der Waals surface area (Å²) in [5.74, 6) is 1.60. The first-order chi connectivity index (χ1) is 12.3. The van der Waals surface area contributed by atoms with Gasteiger partial charge in [0.05, 0.1) is 5.69 Å². The number of benzene rings is 1. The van der Waals surface area contributed by atoms with Crippen LogP contribution in [0.4, 0.5) is 0 Å². The van der Waals surface area contributed by atoms with E-state index in [1.165, 1.54) is 29.3 Å². The predicted octanol–water partition coefficient (Wildman–Crippen LogP) is 2.76. The van der Waals surface area contributed by atoms with E-state index in [0.29, 0.717) is 0 Å². The lowest BCUT2D eigenvalue weighted by Crippen LogP contribution is -2.35. The molecule has 0 radical (unpaired) electrons. The van der Waals surface area contributed by atoms with E-state index in [2.05, 4.69) is 45.3 Å². The molecule has 0 unspecified atom stereocenters. The Bertz CT molecular complexity index is 983. The van der Waals surface area contributed by atoms with Crippen LogP contribution in [0.3, 0.4) is 0 Å². The molecule has 25 heavy (non-hydrogen) atoms. The van der Waals surface area contributed by atoms with Crippen molar-refractivity contribution in [3.05, 3.63) is 63.5 Å². The zero-order chi connectivity index (χ0) is 16.8. The molecule has 128 valence electrons. The molecule has 0 atom stereocenters. The van der Waals surface area contributed by atoms with Crippen LogP contribution in [0.2, 0.25) is 0 Å². The Labute approximate surface area is 146 Å². The second-order valence-corrected chi connectivity index (χ2v) is 7.41. The number of hydrogen-bond donors (Lipinski definition) is 2. The smallest absolute Gasteiger partial charge is 0.254 e. The molecule has 5 heteroatoms. The molecule has 0 saturated heterocycles. The molecule has 5 rings (SSSR count). The topological polar surface area (TPSA) is 64.8 Å². The average molecular weight is 334 g/mol. The molecular weight excluding hydrogens is 312 g/mol. The summed E-state index contributed by atoms with van der Waals surface area (Å²) in [6.45, 7) is 2.55. The first-order valence-electron chi connectivity index (χ1n) is 9.14. The zero-order valence-corrected chi connectivity index (χ0v) is 14.2. The number of para-hydroxylation sites is 1. The van der Waals surface area contributed by atoms with Crippen molar-refractivity contribution in [1.29, 1.82) is 0 Å². The largest absolute Gasteiger partial charge is 0.361 e. The molecule has 2 N–H and O–H groups in total. The average Bonchev–Trinajstić information content (AvgIpc) is 3.34. The quantitative estimate of drug-likeness (QED) is 0.771. The maximum absolute atomic E-state index is 12.4. The first kappa shape index (κ1) is 14.9. The highest BCUT2D eigenvalue weighted by molar-refractivity contribution is 5.82. The highest BCUT2D eigenvalue weighted by Crippen LogP contribution is 2.31. The third kappa shape index (κ3) is 2.89. The molecule has 3 heterocycles. The molecule has 1 saturated carbocycles. The van der Waals surface area contributed by atoms with Crippen LogP contribution in [-0.2, 0) is 25.9 Å². The summed E-state index contributed by atoms with van der Waals surface area (Å²) in [5, 5.41) is 1.28. The summed E-state index contributed by atoms with van der Waals surface area (Å²) in [4.78, 5) is 25.9.